The summed E-state index contributed by atoms with van der Waals surface area (Å²) in [5, 5.41) is 9.25. The molecule has 6 nitrogen and oxygen atoms in total. The van der Waals surface area contributed by atoms with Gasteiger partial charge in [0.05, 0.1) is 20.0 Å². The van der Waals surface area contributed by atoms with Crippen molar-refractivity contribution in [3.63, 3.8) is 0 Å². The molecule has 0 aliphatic carbocycles. The molecule has 0 fully saturated rings. The van der Waals surface area contributed by atoms with Crippen molar-refractivity contribution in [2.75, 3.05) is 20.0 Å². The molecule has 1 aromatic heterocycles. The molecule has 0 unspecified atom stereocenters. The predicted molar refractivity (Wildman–Crippen MR) is 110 cm³/mol. The average Bonchev–Trinajstić information content (AvgIpc) is 3.15. The first-order valence-electron chi connectivity index (χ1n) is 8.65. The van der Waals surface area contributed by atoms with Gasteiger partial charge in [-0.05, 0) is 18.2 Å². The van der Waals surface area contributed by atoms with Gasteiger partial charge in [0.25, 0.3) is 0 Å². The Hall–Kier alpha value is -3.06. The van der Waals surface area contributed by atoms with Gasteiger partial charge in [-0.3, -0.25) is 9.36 Å². The number of ether oxygens (including phenoxy) is 2. The summed E-state index contributed by atoms with van der Waals surface area (Å²) < 4.78 is 12.4. The van der Waals surface area contributed by atoms with Gasteiger partial charge in [-0.25, -0.2) is 0 Å². The zero-order valence-electron chi connectivity index (χ0n) is 15.8. The monoisotopic (exact) mass is 395 g/mol. The number of Topliss-reactive ketones (excluding diaryl/α,β-unsaturated/α-hetero) is 1. The molecular weight excluding hydrogens is 374 g/mol. The van der Waals surface area contributed by atoms with Gasteiger partial charge >= 0.3 is 0 Å². The van der Waals surface area contributed by atoms with Crippen LogP contribution in [-0.2, 0) is 6.54 Å². The quantitative estimate of drug-likeness (QED) is 0.308. The minimum absolute atomic E-state index is 0.0274. The van der Waals surface area contributed by atoms with Crippen LogP contribution in [0.4, 0.5) is 0 Å². The second-order valence-electron chi connectivity index (χ2n) is 5.85. The maximum atomic E-state index is 12.6. The first kappa shape index (κ1) is 19.7. The lowest BCUT2D eigenvalue weighted by Gasteiger charge is -2.09. The van der Waals surface area contributed by atoms with E-state index in [9.17, 15) is 4.79 Å². The normalized spacial score (nSPS) is 10.5. The zero-order valence-corrected chi connectivity index (χ0v) is 16.6. The lowest BCUT2D eigenvalue weighted by atomic mass is 10.1. The number of carbonyl (C=O) groups is 1. The van der Waals surface area contributed by atoms with E-state index in [1.807, 2.05) is 34.9 Å². The van der Waals surface area contributed by atoms with Gasteiger partial charge in [-0.15, -0.1) is 16.8 Å². The first-order valence-corrected chi connectivity index (χ1v) is 9.64. The molecule has 0 radical (unpaired) electrons. The van der Waals surface area contributed by atoms with Crippen LogP contribution in [0.15, 0.2) is 66.3 Å². The van der Waals surface area contributed by atoms with Gasteiger partial charge < -0.3 is 9.47 Å². The average molecular weight is 395 g/mol. The molecule has 0 aliphatic rings. The van der Waals surface area contributed by atoms with Crippen LogP contribution in [-0.4, -0.2) is 40.5 Å². The second-order valence-corrected chi connectivity index (χ2v) is 6.80. The molecule has 144 valence electrons. The molecule has 1 heterocycles. The molecule has 0 saturated heterocycles. The Kier molecular flexibility index (Phi) is 6.49. The highest BCUT2D eigenvalue weighted by Gasteiger charge is 2.16. The van der Waals surface area contributed by atoms with Crippen molar-refractivity contribution in [1.82, 2.24) is 14.8 Å². The zero-order chi connectivity index (χ0) is 19.9. The molecule has 0 spiro atoms. The molecule has 0 bridgehead atoms. The Morgan fingerprint density at radius 3 is 2.54 bits per heavy atom. The summed E-state index contributed by atoms with van der Waals surface area (Å²) in [6.07, 6.45) is 1.79. The van der Waals surface area contributed by atoms with Crippen molar-refractivity contribution >= 4 is 17.5 Å². The number of methoxy groups -OCH3 is 2. The number of carbonyl (C=O) groups excluding carboxylic acids is 1. The third kappa shape index (κ3) is 4.26. The highest BCUT2D eigenvalue weighted by molar-refractivity contribution is 7.99. The molecule has 0 saturated carbocycles. The number of benzene rings is 2. The minimum atomic E-state index is -0.0274. The predicted octanol–water partition coefficient (Wildman–Crippen LogP) is 4.12. The topological polar surface area (TPSA) is 66.2 Å². The summed E-state index contributed by atoms with van der Waals surface area (Å²) >= 11 is 1.35. The number of hydrogen-bond donors (Lipinski definition) is 0. The standard InChI is InChI=1S/C21H21N3O3S/c1-4-12-24-20(15-8-6-5-7-9-15)22-23-21(24)28-14-17(25)16-10-11-18(26-2)19(13-16)27-3/h4-11,13H,1,12,14H2,2-3H3. The van der Waals surface area contributed by atoms with E-state index in [2.05, 4.69) is 16.8 Å². The summed E-state index contributed by atoms with van der Waals surface area (Å²) in [6, 6.07) is 15.0. The molecule has 3 rings (SSSR count). The van der Waals surface area contributed by atoms with Crippen LogP contribution in [0.2, 0.25) is 0 Å². The second kappa shape index (κ2) is 9.23. The Labute approximate surface area is 168 Å². The Morgan fingerprint density at radius 2 is 1.86 bits per heavy atom. The van der Waals surface area contributed by atoms with Gasteiger partial charge in [0.2, 0.25) is 0 Å². The molecule has 0 N–H and O–H groups in total. The number of allylic oxidation sites excluding steroid dienone is 1. The molecule has 0 aliphatic heterocycles. The number of rotatable bonds is 9. The largest absolute Gasteiger partial charge is 0.493 e. The van der Waals surface area contributed by atoms with E-state index in [1.165, 1.54) is 11.8 Å². The van der Waals surface area contributed by atoms with Crippen LogP contribution >= 0.6 is 11.8 Å². The van der Waals surface area contributed by atoms with Gasteiger partial charge in [-0.1, -0.05) is 48.2 Å². The summed E-state index contributed by atoms with van der Waals surface area (Å²) in [5.41, 5.74) is 1.53. The fraction of sp³-hybridized carbons (Fsp3) is 0.190. The minimum Gasteiger partial charge on any atom is -0.493 e. The van der Waals surface area contributed by atoms with Crippen molar-refractivity contribution in [1.29, 1.82) is 0 Å². The van der Waals surface area contributed by atoms with E-state index in [-0.39, 0.29) is 11.5 Å². The summed E-state index contributed by atoms with van der Waals surface area (Å²) in [6.45, 7) is 4.37. The maximum absolute atomic E-state index is 12.6. The SMILES string of the molecule is C=CCn1c(SCC(=O)c2ccc(OC)c(OC)c2)nnc1-c1ccccc1. The highest BCUT2D eigenvalue weighted by atomic mass is 32.2. The van der Waals surface area contributed by atoms with Gasteiger partial charge in [-0.2, -0.15) is 0 Å². The molecule has 0 amide bonds. The molecule has 2 aromatic carbocycles. The fourth-order valence-electron chi connectivity index (χ4n) is 2.71. The van der Waals surface area contributed by atoms with Crippen LogP contribution < -0.4 is 9.47 Å². The lowest BCUT2D eigenvalue weighted by Crippen LogP contribution is -2.06. The first-order chi connectivity index (χ1) is 13.7. The van der Waals surface area contributed by atoms with E-state index in [4.69, 9.17) is 9.47 Å². The molecule has 0 atom stereocenters. The molecule has 3 aromatic rings. The van der Waals surface area contributed by atoms with Crippen LogP contribution in [0.5, 0.6) is 11.5 Å². The third-order valence-corrected chi connectivity index (χ3v) is 5.07. The lowest BCUT2D eigenvalue weighted by molar-refractivity contribution is 0.102. The van der Waals surface area contributed by atoms with Gasteiger partial charge in [0.1, 0.15) is 0 Å². The smallest absolute Gasteiger partial charge is 0.192 e. The van der Waals surface area contributed by atoms with Crippen LogP contribution in [0.25, 0.3) is 11.4 Å². The van der Waals surface area contributed by atoms with Gasteiger partial charge in [0, 0.05) is 17.7 Å². The Morgan fingerprint density at radius 1 is 1.11 bits per heavy atom. The summed E-state index contributed by atoms with van der Waals surface area (Å²) in [4.78, 5) is 12.6. The number of ketones is 1. The highest BCUT2D eigenvalue weighted by Crippen LogP contribution is 2.29. The molecule has 7 heteroatoms. The van der Waals surface area contributed by atoms with E-state index in [1.54, 1.807) is 38.5 Å². The summed E-state index contributed by atoms with van der Waals surface area (Å²) in [7, 11) is 3.11. The third-order valence-electron chi connectivity index (χ3n) is 4.10. The van der Waals surface area contributed by atoms with Crippen LogP contribution in [0.3, 0.4) is 0 Å². The Bertz CT molecular complexity index is 970. The van der Waals surface area contributed by atoms with Crippen molar-refractivity contribution < 1.29 is 14.3 Å². The van der Waals surface area contributed by atoms with Crippen molar-refractivity contribution in [2.45, 2.75) is 11.7 Å². The van der Waals surface area contributed by atoms with E-state index >= 15 is 0 Å². The van der Waals surface area contributed by atoms with Crippen molar-refractivity contribution in [2.24, 2.45) is 0 Å². The maximum Gasteiger partial charge on any atom is 0.192 e. The summed E-state index contributed by atoms with van der Waals surface area (Å²) in [5.74, 6) is 2.07. The van der Waals surface area contributed by atoms with Crippen molar-refractivity contribution in [3.05, 3.63) is 66.7 Å². The number of nitrogens with zero attached hydrogens (tertiary/aromatic N) is 3. The number of hydrogen-bond acceptors (Lipinski definition) is 6. The number of thioether (sulfide) groups is 1. The van der Waals surface area contributed by atoms with Gasteiger partial charge in [0.15, 0.2) is 28.3 Å². The molecular formula is C21H21N3O3S. The van der Waals surface area contributed by atoms with Crippen molar-refractivity contribution in [3.8, 4) is 22.9 Å². The van der Waals surface area contributed by atoms with E-state index in [0.29, 0.717) is 28.8 Å². The number of aromatic nitrogens is 3. The fourth-order valence-corrected chi connectivity index (χ4v) is 3.56. The molecule has 28 heavy (non-hydrogen) atoms. The van der Waals surface area contributed by atoms with Crippen LogP contribution in [0.1, 0.15) is 10.4 Å². The Balaban J connectivity index is 1.78. The van der Waals surface area contributed by atoms with Crippen LogP contribution in [0, 0.1) is 0 Å². The van der Waals surface area contributed by atoms with E-state index in [0.717, 1.165) is 11.4 Å². The van der Waals surface area contributed by atoms with E-state index < -0.39 is 0 Å².